The van der Waals surface area contributed by atoms with Crippen LogP contribution in [0.3, 0.4) is 0 Å². The van der Waals surface area contributed by atoms with E-state index in [9.17, 15) is 14.4 Å². The second-order valence-corrected chi connectivity index (χ2v) is 9.14. The summed E-state index contributed by atoms with van der Waals surface area (Å²) in [5, 5.41) is 16.3. The lowest BCUT2D eigenvalue weighted by atomic mass is 10.1. The zero-order valence-electron chi connectivity index (χ0n) is 19.7. The molecule has 1 saturated heterocycles. The van der Waals surface area contributed by atoms with Crippen LogP contribution in [0.5, 0.6) is 0 Å². The Balaban J connectivity index is 0.00000432. The minimum Gasteiger partial charge on any atom is -0.386 e. The number of likely N-dealkylation sites (tertiary alicyclic amines) is 1. The lowest BCUT2D eigenvalue weighted by Gasteiger charge is -2.15. The van der Waals surface area contributed by atoms with Gasteiger partial charge >= 0.3 is 0 Å². The number of halogens is 1. The number of anilines is 2. The molecule has 2 aromatic rings. The number of nitrogens with zero attached hydrogens (tertiary/aromatic N) is 2. The number of aromatic nitrogens is 1. The molecule has 3 amide bonds. The molecule has 1 aliphatic rings. The number of aryl methyl sites for hydroxylation is 2. The Labute approximate surface area is 215 Å². The Morgan fingerprint density at radius 1 is 1.23 bits per heavy atom. The zero-order chi connectivity index (χ0) is 24.5. The summed E-state index contributed by atoms with van der Waals surface area (Å²) in [6, 6.07) is 7.79. The maximum absolute atomic E-state index is 12.8. The molecule has 0 radical (unpaired) electrons. The summed E-state index contributed by atoms with van der Waals surface area (Å²) in [5.74, 6) is -0.214. The van der Waals surface area contributed by atoms with Gasteiger partial charge in [0.2, 0.25) is 11.8 Å². The third-order valence-corrected chi connectivity index (χ3v) is 6.35. The highest BCUT2D eigenvalue weighted by Crippen LogP contribution is 2.25. The van der Waals surface area contributed by atoms with E-state index >= 15 is 0 Å². The Hall–Kier alpha value is -3.18. The second-order valence-electron chi connectivity index (χ2n) is 8.15. The number of nitrogens with one attached hydrogen (secondary N) is 4. The van der Waals surface area contributed by atoms with Crippen LogP contribution in [0.4, 0.5) is 10.8 Å². The number of benzene rings is 1. The van der Waals surface area contributed by atoms with Gasteiger partial charge in [-0.15, -0.1) is 12.4 Å². The summed E-state index contributed by atoms with van der Waals surface area (Å²) in [6.45, 7) is 3.59. The summed E-state index contributed by atoms with van der Waals surface area (Å²) in [7, 11) is 0. The molecule has 1 aromatic heterocycles. The van der Waals surface area contributed by atoms with Gasteiger partial charge in [-0.25, -0.2) is 4.98 Å². The number of amides is 3. The minimum absolute atomic E-state index is 0. The fourth-order valence-corrected chi connectivity index (χ4v) is 4.62. The summed E-state index contributed by atoms with van der Waals surface area (Å²) in [5.41, 5.74) is 7.95. The monoisotopic (exact) mass is 521 g/mol. The van der Waals surface area contributed by atoms with Crippen LogP contribution in [-0.4, -0.2) is 59.6 Å². The van der Waals surface area contributed by atoms with Crippen molar-refractivity contribution in [2.45, 2.75) is 39.0 Å². The van der Waals surface area contributed by atoms with Gasteiger partial charge in [-0.3, -0.25) is 19.8 Å². The predicted molar refractivity (Wildman–Crippen MR) is 141 cm³/mol. The van der Waals surface area contributed by atoms with Gasteiger partial charge in [0.1, 0.15) is 10.7 Å². The van der Waals surface area contributed by atoms with E-state index in [-0.39, 0.29) is 42.5 Å². The number of rotatable bonds is 12. The van der Waals surface area contributed by atoms with E-state index in [1.807, 2.05) is 29.2 Å². The lowest BCUT2D eigenvalue weighted by molar-refractivity contribution is -0.127. The van der Waals surface area contributed by atoms with Crippen molar-refractivity contribution in [2.75, 3.05) is 36.8 Å². The summed E-state index contributed by atoms with van der Waals surface area (Å²) in [6.07, 6.45) is 3.42. The number of carbonyl (C=O) groups is 3. The van der Waals surface area contributed by atoms with Crippen LogP contribution in [0.25, 0.3) is 0 Å². The third kappa shape index (κ3) is 8.84. The van der Waals surface area contributed by atoms with Crippen LogP contribution in [-0.2, 0) is 22.4 Å². The van der Waals surface area contributed by atoms with E-state index in [4.69, 9.17) is 11.1 Å². The highest BCUT2D eigenvalue weighted by molar-refractivity contribution is 7.17. The predicted octanol–water partition coefficient (Wildman–Crippen LogP) is 2.40. The normalized spacial score (nSPS) is 12.7. The molecule has 0 aliphatic carbocycles. The van der Waals surface area contributed by atoms with E-state index < -0.39 is 0 Å². The average molecular weight is 522 g/mol. The fraction of sp³-hybridized carbons (Fsp3) is 0.435. The topological polar surface area (TPSA) is 153 Å². The van der Waals surface area contributed by atoms with Crippen molar-refractivity contribution in [3.63, 3.8) is 0 Å². The maximum atomic E-state index is 12.8. The van der Waals surface area contributed by atoms with Crippen molar-refractivity contribution >= 4 is 58.1 Å². The molecule has 1 fully saturated rings. The molecule has 10 nitrogen and oxygen atoms in total. The Morgan fingerprint density at radius 3 is 2.60 bits per heavy atom. The molecule has 1 aromatic carbocycles. The number of hydrogen-bond acceptors (Lipinski definition) is 7. The molecule has 0 saturated carbocycles. The van der Waals surface area contributed by atoms with Crippen LogP contribution in [0.15, 0.2) is 24.3 Å². The molecule has 0 atom stereocenters. The van der Waals surface area contributed by atoms with E-state index in [2.05, 4.69) is 20.9 Å². The van der Waals surface area contributed by atoms with Crippen molar-refractivity contribution in [3.05, 3.63) is 40.4 Å². The molecule has 12 heteroatoms. The average Bonchev–Trinajstić information content (AvgIpc) is 3.39. The Morgan fingerprint density at radius 2 is 1.97 bits per heavy atom. The van der Waals surface area contributed by atoms with Crippen LogP contribution < -0.4 is 21.7 Å². The minimum atomic E-state index is -0.240. The quantitative estimate of drug-likeness (QED) is 0.164. The van der Waals surface area contributed by atoms with Crippen LogP contribution >= 0.6 is 23.7 Å². The zero-order valence-corrected chi connectivity index (χ0v) is 21.3. The Bertz CT molecular complexity index is 1040. The first-order chi connectivity index (χ1) is 16.3. The van der Waals surface area contributed by atoms with Crippen molar-refractivity contribution in [2.24, 2.45) is 5.73 Å². The van der Waals surface area contributed by atoms with E-state index in [0.717, 1.165) is 35.6 Å². The molecule has 1 aliphatic heterocycles. The second kappa shape index (κ2) is 13.6. The molecule has 35 heavy (non-hydrogen) atoms. The highest BCUT2D eigenvalue weighted by Gasteiger charge is 2.21. The van der Waals surface area contributed by atoms with Gasteiger partial charge in [0.25, 0.3) is 5.91 Å². The summed E-state index contributed by atoms with van der Waals surface area (Å²) in [4.78, 5) is 42.8. The standard InChI is InChI=1S/C23H31N7O3S.ClH/c1-15(31)28-23-29-18(10-7-16-5-8-17(9-6-16)27-14-19(24)25)21(34-23)22(33)26-11-3-13-30-12-2-4-20(30)32;/h5-6,8-9,27H,2-4,7,10-14H2,1H3,(H3,24,25)(H,26,33)(H,28,29,31);1H. The first-order valence-corrected chi connectivity index (χ1v) is 12.1. The van der Waals surface area contributed by atoms with Gasteiger partial charge in [-0.2, -0.15) is 0 Å². The van der Waals surface area contributed by atoms with Gasteiger partial charge in [0.15, 0.2) is 5.13 Å². The highest BCUT2D eigenvalue weighted by atomic mass is 35.5. The van der Waals surface area contributed by atoms with E-state index in [0.29, 0.717) is 54.5 Å². The Kier molecular flexibility index (Phi) is 10.9. The molecule has 3 rings (SSSR count). The van der Waals surface area contributed by atoms with Crippen LogP contribution in [0.1, 0.15) is 47.1 Å². The number of thiazole rings is 1. The summed E-state index contributed by atoms with van der Waals surface area (Å²) >= 11 is 1.16. The van der Waals surface area contributed by atoms with Crippen LogP contribution in [0.2, 0.25) is 0 Å². The smallest absolute Gasteiger partial charge is 0.263 e. The first kappa shape index (κ1) is 28.1. The first-order valence-electron chi connectivity index (χ1n) is 11.3. The van der Waals surface area contributed by atoms with Crippen molar-refractivity contribution in [1.29, 1.82) is 5.41 Å². The largest absolute Gasteiger partial charge is 0.386 e. The number of hydrogen-bond donors (Lipinski definition) is 5. The van der Waals surface area contributed by atoms with Gasteiger partial charge < -0.3 is 26.6 Å². The fourth-order valence-electron chi connectivity index (χ4n) is 3.64. The van der Waals surface area contributed by atoms with E-state index in [1.54, 1.807) is 0 Å². The van der Waals surface area contributed by atoms with Crippen molar-refractivity contribution in [1.82, 2.24) is 15.2 Å². The molecule has 0 unspecified atom stereocenters. The van der Waals surface area contributed by atoms with Crippen LogP contribution in [0, 0.1) is 5.41 Å². The van der Waals surface area contributed by atoms with Gasteiger partial charge in [0, 0.05) is 38.7 Å². The molecular weight excluding hydrogens is 490 g/mol. The maximum Gasteiger partial charge on any atom is 0.263 e. The molecule has 0 spiro atoms. The third-order valence-electron chi connectivity index (χ3n) is 5.34. The molecule has 2 heterocycles. The number of nitrogens with two attached hydrogens (primary N) is 1. The summed E-state index contributed by atoms with van der Waals surface area (Å²) < 4.78 is 0. The SMILES string of the molecule is CC(=O)Nc1nc(CCc2ccc(NCC(=N)N)cc2)c(C(=O)NCCCN2CCCC2=O)s1.Cl. The van der Waals surface area contributed by atoms with Gasteiger partial charge in [-0.1, -0.05) is 23.5 Å². The van der Waals surface area contributed by atoms with Crippen molar-refractivity contribution in [3.8, 4) is 0 Å². The number of carbonyl (C=O) groups excluding carboxylic acids is 3. The van der Waals surface area contributed by atoms with Crippen molar-refractivity contribution < 1.29 is 14.4 Å². The molecule has 0 bridgehead atoms. The lowest BCUT2D eigenvalue weighted by Crippen LogP contribution is -2.30. The molecular formula is C23H32ClN7O3S. The van der Waals surface area contributed by atoms with Gasteiger partial charge in [0.05, 0.1) is 12.2 Å². The molecule has 190 valence electrons. The number of amidine groups is 1. The van der Waals surface area contributed by atoms with E-state index in [1.165, 1.54) is 6.92 Å². The molecule has 6 N–H and O–H groups in total. The van der Waals surface area contributed by atoms with Gasteiger partial charge in [-0.05, 0) is 43.4 Å².